The van der Waals surface area contributed by atoms with Crippen molar-refractivity contribution in [2.24, 2.45) is 5.73 Å². The molecule has 0 atom stereocenters. The van der Waals surface area contributed by atoms with E-state index in [2.05, 4.69) is 22.6 Å². The van der Waals surface area contributed by atoms with Crippen molar-refractivity contribution < 1.29 is 4.79 Å². The number of halogens is 1. The van der Waals surface area contributed by atoms with Crippen LogP contribution in [-0.4, -0.2) is 5.91 Å². The van der Waals surface area contributed by atoms with Crippen LogP contribution in [0.1, 0.15) is 10.4 Å². The van der Waals surface area contributed by atoms with Crippen molar-refractivity contribution in [3.05, 3.63) is 27.3 Å². The van der Waals surface area contributed by atoms with E-state index in [9.17, 15) is 4.79 Å². The third-order valence-corrected chi connectivity index (χ3v) is 1.95. The lowest BCUT2D eigenvalue weighted by atomic mass is 10.2. The summed E-state index contributed by atoms with van der Waals surface area (Å²) in [6, 6.07) is 5.16. The van der Waals surface area contributed by atoms with Crippen molar-refractivity contribution in [1.29, 1.82) is 0 Å². The Kier molecular flexibility index (Phi) is 2.33. The van der Waals surface area contributed by atoms with E-state index in [1.807, 2.05) is 6.07 Å². The molecule has 4 N–H and O–H groups in total. The van der Waals surface area contributed by atoms with Crippen LogP contribution in [0.25, 0.3) is 0 Å². The molecule has 0 radical (unpaired) electrons. The third kappa shape index (κ3) is 1.83. The minimum Gasteiger partial charge on any atom is -0.398 e. The molecule has 0 aliphatic heterocycles. The number of carbonyl (C=O) groups excluding carboxylic acids is 1. The average Bonchev–Trinajstić information content (AvgIpc) is 1.94. The molecule has 0 spiro atoms. The second-order valence-electron chi connectivity index (χ2n) is 2.10. The maximum absolute atomic E-state index is 10.7. The Morgan fingerprint density at radius 3 is 2.55 bits per heavy atom. The van der Waals surface area contributed by atoms with Gasteiger partial charge < -0.3 is 11.5 Å². The van der Waals surface area contributed by atoms with Gasteiger partial charge in [-0.2, -0.15) is 0 Å². The summed E-state index contributed by atoms with van der Waals surface area (Å²) >= 11 is 2.09. The summed E-state index contributed by atoms with van der Waals surface area (Å²) in [5, 5.41) is 0. The molecule has 3 nitrogen and oxygen atoms in total. The van der Waals surface area contributed by atoms with Crippen LogP contribution in [0.4, 0.5) is 5.69 Å². The number of hydrogen-bond acceptors (Lipinski definition) is 2. The first-order chi connectivity index (χ1) is 5.11. The van der Waals surface area contributed by atoms with Gasteiger partial charge in [-0.05, 0) is 40.8 Å². The van der Waals surface area contributed by atoms with E-state index < -0.39 is 5.91 Å². The van der Waals surface area contributed by atoms with Crippen molar-refractivity contribution in [2.75, 3.05) is 5.73 Å². The molecule has 58 valence electrons. The Bertz CT molecular complexity index is 298. The lowest BCUT2D eigenvalue weighted by Gasteiger charge is -2.00. The zero-order chi connectivity index (χ0) is 8.43. The Balaban J connectivity index is 3.23. The van der Waals surface area contributed by atoms with Gasteiger partial charge in [-0.1, -0.05) is 0 Å². The minimum atomic E-state index is -0.485. The molecule has 1 amide bonds. The number of nitrogen functional groups attached to an aromatic ring is 1. The molecule has 1 rings (SSSR count). The lowest BCUT2D eigenvalue weighted by Crippen LogP contribution is -2.13. The number of benzene rings is 1. The van der Waals surface area contributed by atoms with E-state index >= 15 is 0 Å². The van der Waals surface area contributed by atoms with Crippen molar-refractivity contribution in [1.82, 2.24) is 0 Å². The van der Waals surface area contributed by atoms with Gasteiger partial charge in [0.15, 0.2) is 0 Å². The largest absolute Gasteiger partial charge is 0.398 e. The number of carbonyl (C=O) groups is 1. The van der Waals surface area contributed by atoms with Crippen molar-refractivity contribution in [3.63, 3.8) is 0 Å². The van der Waals surface area contributed by atoms with Crippen LogP contribution >= 0.6 is 22.6 Å². The molecule has 0 bridgehead atoms. The topological polar surface area (TPSA) is 69.1 Å². The van der Waals surface area contributed by atoms with Crippen molar-refractivity contribution in [2.45, 2.75) is 0 Å². The molecule has 0 aliphatic rings. The van der Waals surface area contributed by atoms with E-state index in [4.69, 9.17) is 11.5 Å². The highest BCUT2D eigenvalue weighted by Crippen LogP contribution is 2.14. The molecule has 0 saturated heterocycles. The van der Waals surface area contributed by atoms with Gasteiger partial charge in [-0.25, -0.2) is 0 Å². The fourth-order valence-electron chi connectivity index (χ4n) is 0.742. The number of anilines is 1. The first-order valence-electron chi connectivity index (χ1n) is 2.96. The third-order valence-electron chi connectivity index (χ3n) is 1.28. The zero-order valence-electron chi connectivity index (χ0n) is 5.67. The van der Waals surface area contributed by atoms with Crippen LogP contribution in [0.3, 0.4) is 0 Å². The summed E-state index contributed by atoms with van der Waals surface area (Å²) in [7, 11) is 0. The van der Waals surface area contributed by atoms with E-state index in [0.717, 1.165) is 3.57 Å². The van der Waals surface area contributed by atoms with Gasteiger partial charge >= 0.3 is 0 Å². The van der Waals surface area contributed by atoms with E-state index in [-0.39, 0.29) is 0 Å². The van der Waals surface area contributed by atoms with E-state index in [0.29, 0.717) is 11.3 Å². The van der Waals surface area contributed by atoms with E-state index in [1.165, 1.54) is 0 Å². The van der Waals surface area contributed by atoms with Gasteiger partial charge in [0.05, 0.1) is 5.56 Å². The van der Waals surface area contributed by atoms with Gasteiger partial charge in [0.2, 0.25) is 0 Å². The molecule has 0 aliphatic carbocycles. The van der Waals surface area contributed by atoms with E-state index in [1.54, 1.807) is 12.1 Å². The quantitative estimate of drug-likeness (QED) is 0.585. The van der Waals surface area contributed by atoms with Gasteiger partial charge in [0.1, 0.15) is 0 Å². The molecule has 0 fully saturated rings. The summed E-state index contributed by atoms with van der Waals surface area (Å²) in [5.41, 5.74) is 11.4. The Hall–Kier alpha value is -0.780. The summed E-state index contributed by atoms with van der Waals surface area (Å²) in [6.45, 7) is 0. The zero-order valence-corrected chi connectivity index (χ0v) is 7.83. The Labute approximate surface area is 77.9 Å². The molecule has 4 heteroatoms. The highest BCUT2D eigenvalue weighted by atomic mass is 127. The van der Waals surface area contributed by atoms with Crippen LogP contribution in [0.15, 0.2) is 18.2 Å². The van der Waals surface area contributed by atoms with Gasteiger partial charge in [0, 0.05) is 9.26 Å². The van der Waals surface area contributed by atoms with Crippen LogP contribution in [0, 0.1) is 3.57 Å². The first-order valence-corrected chi connectivity index (χ1v) is 4.04. The standard InChI is InChI=1S/C7H7IN2O/c8-4-1-2-6(9)5(3-4)7(10)11/h1-3H,9H2,(H2,10,11). The summed E-state index contributed by atoms with van der Waals surface area (Å²) in [4.78, 5) is 10.7. The lowest BCUT2D eigenvalue weighted by molar-refractivity contribution is 0.100. The van der Waals surface area contributed by atoms with Crippen LogP contribution < -0.4 is 11.5 Å². The highest BCUT2D eigenvalue weighted by Gasteiger charge is 2.04. The maximum atomic E-state index is 10.7. The monoisotopic (exact) mass is 262 g/mol. The minimum absolute atomic E-state index is 0.386. The Morgan fingerprint density at radius 2 is 2.09 bits per heavy atom. The van der Waals surface area contributed by atoms with Crippen LogP contribution in [0.5, 0.6) is 0 Å². The summed E-state index contributed by atoms with van der Waals surface area (Å²) in [5.74, 6) is -0.485. The van der Waals surface area contributed by atoms with Crippen LogP contribution in [-0.2, 0) is 0 Å². The molecule has 0 aromatic heterocycles. The van der Waals surface area contributed by atoms with Crippen molar-refractivity contribution >= 4 is 34.2 Å². The molecular weight excluding hydrogens is 255 g/mol. The highest BCUT2D eigenvalue weighted by molar-refractivity contribution is 14.1. The molecule has 1 aromatic rings. The molecular formula is C7H7IN2O. The van der Waals surface area contributed by atoms with Crippen molar-refractivity contribution in [3.8, 4) is 0 Å². The maximum Gasteiger partial charge on any atom is 0.250 e. The number of rotatable bonds is 1. The summed E-state index contributed by atoms with van der Waals surface area (Å²) < 4.78 is 0.950. The smallest absolute Gasteiger partial charge is 0.250 e. The number of nitrogens with two attached hydrogens (primary N) is 2. The van der Waals surface area contributed by atoms with Gasteiger partial charge in [-0.3, -0.25) is 4.79 Å². The number of amides is 1. The SMILES string of the molecule is NC(=O)c1cc(I)ccc1N. The normalized spacial score (nSPS) is 9.55. The summed E-state index contributed by atoms with van der Waals surface area (Å²) in [6.07, 6.45) is 0. The average molecular weight is 262 g/mol. The predicted molar refractivity (Wildman–Crippen MR) is 52.1 cm³/mol. The molecule has 0 saturated carbocycles. The fourth-order valence-corrected chi connectivity index (χ4v) is 1.23. The first kappa shape index (κ1) is 8.32. The molecule has 0 heterocycles. The number of primary amides is 1. The molecule has 0 unspecified atom stereocenters. The molecule has 11 heavy (non-hydrogen) atoms. The van der Waals surface area contributed by atoms with Crippen LogP contribution in [0.2, 0.25) is 0 Å². The second kappa shape index (κ2) is 3.08. The van der Waals surface area contributed by atoms with Gasteiger partial charge in [-0.15, -0.1) is 0 Å². The fraction of sp³-hybridized carbons (Fsp3) is 0. The van der Waals surface area contributed by atoms with Gasteiger partial charge in [0.25, 0.3) is 5.91 Å². The number of hydrogen-bond donors (Lipinski definition) is 2. The second-order valence-corrected chi connectivity index (χ2v) is 3.34. The molecule has 1 aromatic carbocycles. The predicted octanol–water partition coefficient (Wildman–Crippen LogP) is 0.972. The Morgan fingerprint density at radius 1 is 1.45 bits per heavy atom.